The molecule has 2 aromatic heterocycles. The standard InChI is InChI=1S/C19H24N6O2S/c1-11-5-16(26)24(10-20-11)9-17(27)25-14-6-15(25)8-23(7-14)18-12(2)13(3)21-19(22-18)28-4/h5,10,14-15H,6-9H2,1-4H3. The second-order valence-electron chi connectivity index (χ2n) is 7.49. The van der Waals surface area contributed by atoms with Gasteiger partial charge in [0.2, 0.25) is 5.91 Å². The van der Waals surface area contributed by atoms with Crippen molar-refractivity contribution in [2.45, 2.75) is 51.0 Å². The van der Waals surface area contributed by atoms with E-state index < -0.39 is 0 Å². The zero-order chi connectivity index (χ0) is 20.0. The largest absolute Gasteiger partial charge is 0.352 e. The third-order valence-electron chi connectivity index (χ3n) is 5.63. The van der Waals surface area contributed by atoms with Crippen LogP contribution < -0.4 is 10.5 Å². The molecule has 148 valence electrons. The first-order valence-corrected chi connectivity index (χ1v) is 10.6. The Morgan fingerprint density at radius 1 is 1.21 bits per heavy atom. The van der Waals surface area contributed by atoms with Crippen molar-refractivity contribution in [1.82, 2.24) is 24.4 Å². The van der Waals surface area contributed by atoms with E-state index >= 15 is 0 Å². The minimum absolute atomic E-state index is 0.0194. The van der Waals surface area contributed by atoms with Gasteiger partial charge in [-0.1, -0.05) is 11.8 Å². The maximum atomic E-state index is 12.8. The van der Waals surface area contributed by atoms with Crippen LogP contribution in [0, 0.1) is 20.8 Å². The van der Waals surface area contributed by atoms with Crippen LogP contribution in [0.3, 0.4) is 0 Å². The van der Waals surface area contributed by atoms with Crippen LogP contribution >= 0.6 is 11.8 Å². The molecule has 3 saturated heterocycles. The van der Waals surface area contributed by atoms with Crippen LogP contribution in [0.5, 0.6) is 0 Å². The van der Waals surface area contributed by atoms with Gasteiger partial charge in [0.1, 0.15) is 12.4 Å². The summed E-state index contributed by atoms with van der Waals surface area (Å²) >= 11 is 1.54. The number of carbonyl (C=O) groups is 1. The highest BCUT2D eigenvalue weighted by atomic mass is 32.2. The molecule has 0 radical (unpaired) electrons. The number of piperidine rings is 1. The molecule has 0 N–H and O–H groups in total. The Kier molecular flexibility index (Phi) is 4.86. The van der Waals surface area contributed by atoms with E-state index in [-0.39, 0.29) is 30.1 Å². The van der Waals surface area contributed by atoms with Crippen LogP contribution in [0.2, 0.25) is 0 Å². The van der Waals surface area contributed by atoms with Gasteiger partial charge in [-0.25, -0.2) is 15.0 Å². The molecule has 0 aliphatic carbocycles. The number of rotatable bonds is 4. The average Bonchev–Trinajstić information content (AvgIpc) is 2.66. The van der Waals surface area contributed by atoms with Gasteiger partial charge < -0.3 is 9.80 Å². The van der Waals surface area contributed by atoms with Crippen molar-refractivity contribution in [2.75, 3.05) is 24.2 Å². The number of aromatic nitrogens is 4. The normalized spacial score (nSPS) is 20.9. The number of fused-ring (bicyclic) bond motifs is 2. The number of hydrogen-bond acceptors (Lipinski definition) is 7. The molecule has 9 heteroatoms. The molecule has 8 nitrogen and oxygen atoms in total. The Hall–Kier alpha value is -2.42. The van der Waals surface area contributed by atoms with E-state index in [0.717, 1.165) is 41.7 Å². The maximum absolute atomic E-state index is 12.8. The zero-order valence-electron chi connectivity index (χ0n) is 16.5. The minimum atomic E-state index is -0.190. The number of thioether (sulfide) groups is 1. The van der Waals surface area contributed by atoms with Gasteiger partial charge in [-0.3, -0.25) is 14.2 Å². The third-order valence-corrected chi connectivity index (χ3v) is 6.18. The van der Waals surface area contributed by atoms with E-state index in [4.69, 9.17) is 4.98 Å². The number of anilines is 1. The Morgan fingerprint density at radius 3 is 2.57 bits per heavy atom. The fourth-order valence-electron chi connectivity index (χ4n) is 4.04. The number of aryl methyl sites for hydroxylation is 2. The summed E-state index contributed by atoms with van der Waals surface area (Å²) < 4.78 is 1.38. The van der Waals surface area contributed by atoms with Gasteiger partial charge in [0, 0.05) is 36.1 Å². The van der Waals surface area contributed by atoms with E-state index in [1.165, 1.54) is 28.7 Å². The molecule has 2 bridgehead atoms. The van der Waals surface area contributed by atoms with Crippen molar-refractivity contribution >= 4 is 23.5 Å². The number of amides is 1. The first kappa shape index (κ1) is 18.9. The molecule has 0 saturated carbocycles. The number of nitrogens with zero attached hydrogens (tertiary/aromatic N) is 6. The van der Waals surface area contributed by atoms with Gasteiger partial charge >= 0.3 is 0 Å². The van der Waals surface area contributed by atoms with E-state index in [1.807, 2.05) is 18.1 Å². The van der Waals surface area contributed by atoms with Crippen LogP contribution in [0.1, 0.15) is 23.4 Å². The quantitative estimate of drug-likeness (QED) is 0.563. The van der Waals surface area contributed by atoms with Crippen molar-refractivity contribution in [3.8, 4) is 0 Å². The van der Waals surface area contributed by atoms with Crippen LogP contribution in [-0.4, -0.2) is 61.8 Å². The highest BCUT2D eigenvalue weighted by Gasteiger charge is 2.47. The first-order valence-electron chi connectivity index (χ1n) is 9.35. The molecule has 0 spiro atoms. The van der Waals surface area contributed by atoms with Crippen LogP contribution in [0.15, 0.2) is 22.3 Å². The summed E-state index contributed by atoms with van der Waals surface area (Å²) in [6.45, 7) is 7.38. The first-order chi connectivity index (χ1) is 13.4. The lowest BCUT2D eigenvalue weighted by atomic mass is 9.87. The fraction of sp³-hybridized carbons (Fsp3) is 0.526. The molecular formula is C19H24N6O2S. The van der Waals surface area contributed by atoms with Crippen molar-refractivity contribution in [2.24, 2.45) is 0 Å². The molecule has 5 rings (SSSR count). The minimum Gasteiger partial charge on any atom is -0.352 e. The van der Waals surface area contributed by atoms with E-state index in [1.54, 1.807) is 6.92 Å². The summed E-state index contributed by atoms with van der Waals surface area (Å²) in [7, 11) is 0. The van der Waals surface area contributed by atoms with Gasteiger partial charge in [-0.15, -0.1) is 0 Å². The fourth-order valence-corrected chi connectivity index (χ4v) is 4.45. The molecular weight excluding hydrogens is 376 g/mol. The molecule has 5 heterocycles. The lowest BCUT2D eigenvalue weighted by molar-refractivity contribution is -0.146. The molecule has 28 heavy (non-hydrogen) atoms. The van der Waals surface area contributed by atoms with Gasteiger partial charge in [0.15, 0.2) is 5.16 Å². The molecule has 2 aromatic rings. The second-order valence-corrected chi connectivity index (χ2v) is 8.26. The monoisotopic (exact) mass is 400 g/mol. The summed E-state index contributed by atoms with van der Waals surface area (Å²) in [5.41, 5.74) is 2.55. The predicted molar refractivity (Wildman–Crippen MR) is 108 cm³/mol. The Morgan fingerprint density at radius 2 is 1.93 bits per heavy atom. The molecule has 2 atom stereocenters. The lowest BCUT2D eigenvalue weighted by Crippen LogP contribution is -2.71. The van der Waals surface area contributed by atoms with Gasteiger partial charge in [0.25, 0.3) is 5.56 Å². The summed E-state index contributed by atoms with van der Waals surface area (Å²) in [6, 6.07) is 1.77. The van der Waals surface area contributed by atoms with E-state index in [9.17, 15) is 9.59 Å². The topological polar surface area (TPSA) is 84.2 Å². The molecule has 0 aromatic carbocycles. The smallest absolute Gasteiger partial charge is 0.253 e. The van der Waals surface area contributed by atoms with Gasteiger partial charge in [-0.05, 0) is 33.4 Å². The number of piperazine rings is 1. The van der Waals surface area contributed by atoms with Crippen LogP contribution in [-0.2, 0) is 11.3 Å². The predicted octanol–water partition coefficient (Wildman–Crippen LogP) is 1.17. The highest BCUT2D eigenvalue weighted by Crippen LogP contribution is 2.36. The van der Waals surface area contributed by atoms with Crippen molar-refractivity contribution in [3.63, 3.8) is 0 Å². The van der Waals surface area contributed by atoms with Crippen LogP contribution in [0.4, 0.5) is 5.82 Å². The molecule has 2 unspecified atom stereocenters. The number of hydrogen-bond donors (Lipinski definition) is 0. The van der Waals surface area contributed by atoms with E-state index in [2.05, 4.69) is 21.8 Å². The van der Waals surface area contributed by atoms with Crippen molar-refractivity contribution < 1.29 is 4.79 Å². The molecule has 3 fully saturated rings. The molecule has 1 amide bonds. The Balaban J connectivity index is 1.48. The molecule has 3 aliphatic heterocycles. The Labute approximate surface area is 168 Å². The summed E-state index contributed by atoms with van der Waals surface area (Å²) in [6.07, 6.45) is 4.43. The average molecular weight is 401 g/mol. The molecule has 3 aliphatic rings. The highest BCUT2D eigenvalue weighted by molar-refractivity contribution is 7.98. The zero-order valence-corrected chi connectivity index (χ0v) is 17.4. The van der Waals surface area contributed by atoms with Crippen LogP contribution in [0.25, 0.3) is 0 Å². The van der Waals surface area contributed by atoms with Gasteiger partial charge in [0.05, 0.1) is 18.4 Å². The van der Waals surface area contributed by atoms with Crippen molar-refractivity contribution in [3.05, 3.63) is 39.7 Å². The Bertz CT molecular complexity index is 979. The third kappa shape index (κ3) is 3.28. The number of carbonyl (C=O) groups excluding carboxylic acids is 1. The lowest BCUT2D eigenvalue weighted by Gasteiger charge is -2.56. The summed E-state index contributed by atoms with van der Waals surface area (Å²) in [5, 5.41) is 0.775. The summed E-state index contributed by atoms with van der Waals surface area (Å²) in [4.78, 5) is 42.4. The SMILES string of the molecule is CSc1nc(C)c(C)c(N2CC3CC(C2)N3C(=O)Cn2cnc(C)cc2=O)n1. The summed E-state index contributed by atoms with van der Waals surface area (Å²) in [5.74, 6) is 0.951. The maximum Gasteiger partial charge on any atom is 0.253 e. The second kappa shape index (κ2) is 7.20. The van der Waals surface area contributed by atoms with Crippen molar-refractivity contribution in [1.29, 1.82) is 0 Å². The van der Waals surface area contributed by atoms with Gasteiger partial charge in [-0.2, -0.15) is 0 Å². The van der Waals surface area contributed by atoms with E-state index in [0.29, 0.717) is 5.69 Å².